The van der Waals surface area contributed by atoms with Gasteiger partial charge in [0.1, 0.15) is 30.7 Å². The summed E-state index contributed by atoms with van der Waals surface area (Å²) in [7, 11) is 0. The van der Waals surface area contributed by atoms with E-state index >= 15 is 0 Å². The number of rotatable bonds is 6. The average Bonchev–Trinajstić information content (AvgIpc) is 3.05. The van der Waals surface area contributed by atoms with E-state index in [1.54, 1.807) is 0 Å². The van der Waals surface area contributed by atoms with Crippen molar-refractivity contribution in [1.82, 2.24) is 19.5 Å². The number of aliphatic hydroxyl groups excluding tert-OH is 4. The van der Waals surface area contributed by atoms with Crippen LogP contribution in [0, 0.1) is 0 Å². The largest absolute Gasteiger partial charge is 0.394 e. The molecule has 0 bridgehead atoms. The van der Waals surface area contributed by atoms with Crippen molar-refractivity contribution in [1.29, 1.82) is 0 Å². The Morgan fingerprint density at radius 3 is 2.69 bits per heavy atom. The molecule has 142 valence electrons. The van der Waals surface area contributed by atoms with Gasteiger partial charge < -0.3 is 30.5 Å². The summed E-state index contributed by atoms with van der Waals surface area (Å²) in [6.45, 7) is 5.91. The molecule has 26 heavy (non-hydrogen) atoms. The van der Waals surface area contributed by atoms with Gasteiger partial charge in [-0.3, -0.25) is 4.57 Å². The maximum Gasteiger partial charge on any atom is 0.167 e. The van der Waals surface area contributed by atoms with E-state index < -0.39 is 37.3 Å². The van der Waals surface area contributed by atoms with Crippen LogP contribution in [0.5, 0.6) is 0 Å². The molecular weight excluding hydrogens is 342 g/mol. The topological polar surface area (TPSA) is 146 Å². The van der Waals surface area contributed by atoms with Crippen LogP contribution in [0.2, 0.25) is 0 Å². The van der Waals surface area contributed by atoms with Crippen LogP contribution in [-0.2, 0) is 4.74 Å². The Balaban J connectivity index is 1.90. The number of fused-ring (bicyclic) bond motifs is 1. The van der Waals surface area contributed by atoms with Crippen molar-refractivity contribution in [2.75, 3.05) is 18.5 Å². The second-order valence-electron chi connectivity index (χ2n) is 6.40. The molecule has 0 spiro atoms. The van der Waals surface area contributed by atoms with Gasteiger partial charge in [0.15, 0.2) is 23.2 Å². The molecule has 0 aliphatic carbocycles. The predicted octanol–water partition coefficient (Wildman–Crippen LogP) is -0.823. The lowest BCUT2D eigenvalue weighted by molar-refractivity contribution is -0.250. The summed E-state index contributed by atoms with van der Waals surface area (Å²) in [5.41, 5.74) is 1.91. The monoisotopic (exact) mass is 365 g/mol. The number of aliphatic hydroxyl groups is 4. The van der Waals surface area contributed by atoms with Crippen molar-refractivity contribution in [2.24, 2.45) is 0 Å². The summed E-state index contributed by atoms with van der Waals surface area (Å²) >= 11 is 0. The summed E-state index contributed by atoms with van der Waals surface area (Å²) in [5.74, 6) is 0.527. The van der Waals surface area contributed by atoms with E-state index in [1.165, 1.54) is 17.2 Å². The van der Waals surface area contributed by atoms with E-state index in [0.717, 1.165) is 12.0 Å². The van der Waals surface area contributed by atoms with Crippen LogP contribution in [0.15, 0.2) is 24.8 Å². The molecule has 2 aromatic rings. The standard InChI is InChI=1S/C16H23N5O5/c1-8(2)3-4-17-14-10-15(19-6-18-14)21(7-20-10)16-13(25)12(24)11(23)9(5-22)26-16/h6-7,9,11-13,16,22-25H,1,3-5H2,2H3,(H,17,18,19)/t9-,11-,12+,13-,16?/m1/s1. The summed E-state index contributed by atoms with van der Waals surface area (Å²) < 4.78 is 7.00. The second kappa shape index (κ2) is 7.64. The number of nitrogens with one attached hydrogen (secondary N) is 1. The molecule has 0 saturated carbocycles. The lowest BCUT2D eigenvalue weighted by Gasteiger charge is -2.40. The first-order valence-corrected chi connectivity index (χ1v) is 8.30. The van der Waals surface area contributed by atoms with E-state index in [2.05, 4.69) is 26.8 Å². The van der Waals surface area contributed by atoms with Crippen LogP contribution in [0.1, 0.15) is 19.6 Å². The van der Waals surface area contributed by atoms with Gasteiger partial charge in [-0.15, -0.1) is 6.58 Å². The van der Waals surface area contributed by atoms with Crippen LogP contribution >= 0.6 is 0 Å². The summed E-state index contributed by atoms with van der Waals surface area (Å²) in [6, 6.07) is 0. The van der Waals surface area contributed by atoms with Crippen molar-refractivity contribution in [3.05, 3.63) is 24.8 Å². The lowest BCUT2D eigenvalue weighted by Crippen LogP contribution is -2.56. The molecule has 0 aromatic carbocycles. The summed E-state index contributed by atoms with van der Waals surface area (Å²) in [4.78, 5) is 12.6. The highest BCUT2D eigenvalue weighted by atomic mass is 16.6. The van der Waals surface area contributed by atoms with E-state index in [1.807, 2.05) is 6.92 Å². The van der Waals surface area contributed by atoms with Gasteiger partial charge in [-0.2, -0.15) is 0 Å². The third-order valence-electron chi connectivity index (χ3n) is 4.34. The lowest BCUT2D eigenvalue weighted by atomic mass is 9.98. The quantitative estimate of drug-likeness (QED) is 0.414. The molecule has 0 amide bonds. The minimum absolute atomic E-state index is 0.391. The SMILES string of the molecule is C=C(C)CCNc1ncnc2c1ncn2C1O[C@H](CO)[C@@H](O)[C@H](O)[C@H]1O. The third kappa shape index (κ3) is 3.41. The zero-order chi connectivity index (χ0) is 18.8. The van der Waals surface area contributed by atoms with Crippen LogP contribution in [0.3, 0.4) is 0 Å². The minimum Gasteiger partial charge on any atom is -0.394 e. The van der Waals surface area contributed by atoms with Crippen molar-refractivity contribution < 1.29 is 25.2 Å². The van der Waals surface area contributed by atoms with Gasteiger partial charge in [-0.1, -0.05) is 5.57 Å². The number of hydrogen-bond acceptors (Lipinski definition) is 9. The maximum atomic E-state index is 10.3. The van der Waals surface area contributed by atoms with Crippen LogP contribution in [0.4, 0.5) is 5.82 Å². The van der Waals surface area contributed by atoms with E-state index in [0.29, 0.717) is 23.5 Å². The van der Waals surface area contributed by atoms with Crippen molar-refractivity contribution >= 4 is 17.0 Å². The third-order valence-corrected chi connectivity index (χ3v) is 4.34. The number of nitrogens with zero attached hydrogens (tertiary/aromatic N) is 4. The smallest absolute Gasteiger partial charge is 0.167 e. The molecule has 1 aliphatic rings. The zero-order valence-corrected chi connectivity index (χ0v) is 14.4. The number of aromatic nitrogens is 4. The minimum atomic E-state index is -1.47. The molecule has 10 heteroatoms. The van der Waals surface area contributed by atoms with Gasteiger partial charge in [0.05, 0.1) is 12.9 Å². The van der Waals surface area contributed by atoms with Gasteiger partial charge in [0.25, 0.3) is 0 Å². The Kier molecular flexibility index (Phi) is 5.49. The highest BCUT2D eigenvalue weighted by Crippen LogP contribution is 2.31. The fourth-order valence-electron chi connectivity index (χ4n) is 2.87. The Hall–Kier alpha value is -2.11. The second-order valence-corrected chi connectivity index (χ2v) is 6.40. The van der Waals surface area contributed by atoms with Gasteiger partial charge >= 0.3 is 0 Å². The number of hydrogen-bond donors (Lipinski definition) is 5. The summed E-state index contributed by atoms with van der Waals surface area (Å²) in [5, 5.41) is 42.7. The molecule has 1 fully saturated rings. The molecule has 1 aliphatic heterocycles. The summed E-state index contributed by atoms with van der Waals surface area (Å²) in [6.07, 6.45) is -2.84. The van der Waals surface area contributed by atoms with Crippen LogP contribution in [0.25, 0.3) is 11.2 Å². The Bertz CT molecular complexity index is 779. The van der Waals surface area contributed by atoms with E-state index in [-0.39, 0.29) is 0 Å². The van der Waals surface area contributed by atoms with Gasteiger partial charge in [-0.25, -0.2) is 15.0 Å². The Morgan fingerprint density at radius 1 is 1.23 bits per heavy atom. The number of imidazole rings is 1. The Labute approximate surface area is 149 Å². The molecule has 2 aromatic heterocycles. The predicted molar refractivity (Wildman–Crippen MR) is 92.3 cm³/mol. The molecule has 5 N–H and O–H groups in total. The van der Waals surface area contributed by atoms with E-state index in [9.17, 15) is 20.4 Å². The molecule has 0 radical (unpaired) electrons. The van der Waals surface area contributed by atoms with Crippen molar-refractivity contribution in [3.8, 4) is 0 Å². The van der Waals surface area contributed by atoms with Crippen LogP contribution in [-0.4, -0.2) is 77.5 Å². The van der Waals surface area contributed by atoms with Crippen molar-refractivity contribution in [2.45, 2.75) is 44.0 Å². The first-order valence-electron chi connectivity index (χ1n) is 8.30. The van der Waals surface area contributed by atoms with Crippen LogP contribution < -0.4 is 5.32 Å². The highest BCUT2D eigenvalue weighted by Gasteiger charge is 2.44. The fourth-order valence-corrected chi connectivity index (χ4v) is 2.87. The molecule has 1 saturated heterocycles. The molecule has 5 atom stereocenters. The van der Waals surface area contributed by atoms with E-state index in [4.69, 9.17) is 4.74 Å². The molecule has 1 unspecified atom stereocenters. The fraction of sp³-hybridized carbons (Fsp3) is 0.562. The normalized spacial score (nSPS) is 29.0. The molecule has 10 nitrogen and oxygen atoms in total. The highest BCUT2D eigenvalue weighted by molar-refractivity contribution is 5.82. The first kappa shape index (κ1) is 18.7. The Morgan fingerprint density at radius 2 is 2.00 bits per heavy atom. The zero-order valence-electron chi connectivity index (χ0n) is 14.4. The first-order chi connectivity index (χ1) is 12.4. The van der Waals surface area contributed by atoms with Gasteiger partial charge in [0, 0.05) is 6.54 Å². The van der Waals surface area contributed by atoms with Gasteiger partial charge in [-0.05, 0) is 13.3 Å². The number of ether oxygens (including phenoxy) is 1. The molecule has 3 rings (SSSR count). The number of anilines is 1. The van der Waals surface area contributed by atoms with Gasteiger partial charge in [0.2, 0.25) is 0 Å². The van der Waals surface area contributed by atoms with Crippen molar-refractivity contribution in [3.63, 3.8) is 0 Å². The molecular formula is C16H23N5O5. The maximum absolute atomic E-state index is 10.3. The average molecular weight is 365 g/mol. The molecule has 3 heterocycles.